The molecular weight excluding hydrogens is 266 g/mol. The quantitative estimate of drug-likeness (QED) is 0.478. The number of ether oxygens (including phenoxy) is 1. The van der Waals surface area contributed by atoms with Crippen LogP contribution in [-0.2, 0) is 6.42 Å². The zero-order valence-corrected chi connectivity index (χ0v) is 11.0. The van der Waals surface area contributed by atoms with Gasteiger partial charge in [0.1, 0.15) is 0 Å². The summed E-state index contributed by atoms with van der Waals surface area (Å²) < 4.78 is 4.90. The fourth-order valence-corrected chi connectivity index (χ4v) is 2.36. The van der Waals surface area contributed by atoms with Crippen LogP contribution < -0.4 is 4.74 Å². The van der Waals surface area contributed by atoms with Crippen molar-refractivity contribution in [3.8, 4) is 5.75 Å². The van der Waals surface area contributed by atoms with E-state index in [0.29, 0.717) is 5.56 Å². The van der Waals surface area contributed by atoms with E-state index < -0.39 is 4.92 Å². The molecule has 98 valence electrons. The number of ketones is 1. The van der Waals surface area contributed by atoms with Gasteiger partial charge in [-0.3, -0.25) is 14.9 Å². The number of rotatable bonds is 5. The Labute approximate surface area is 113 Å². The van der Waals surface area contributed by atoms with Gasteiger partial charge in [0.15, 0.2) is 11.5 Å². The molecule has 2 rings (SSSR count). The van der Waals surface area contributed by atoms with Crippen molar-refractivity contribution in [3.05, 3.63) is 56.3 Å². The van der Waals surface area contributed by atoms with Gasteiger partial charge < -0.3 is 4.74 Å². The van der Waals surface area contributed by atoms with Crippen LogP contribution in [0.5, 0.6) is 5.75 Å². The summed E-state index contributed by atoms with van der Waals surface area (Å²) >= 11 is 1.51. The summed E-state index contributed by atoms with van der Waals surface area (Å²) in [6.07, 6.45) is 0.243. The van der Waals surface area contributed by atoms with Gasteiger partial charge in [-0.25, -0.2) is 0 Å². The molecule has 1 aromatic carbocycles. The van der Waals surface area contributed by atoms with Crippen molar-refractivity contribution in [1.82, 2.24) is 0 Å². The van der Waals surface area contributed by atoms with E-state index in [-0.39, 0.29) is 23.6 Å². The molecule has 0 aliphatic carbocycles. The number of nitro groups is 1. The van der Waals surface area contributed by atoms with Crippen molar-refractivity contribution in [1.29, 1.82) is 0 Å². The van der Waals surface area contributed by atoms with Crippen LogP contribution in [0.15, 0.2) is 35.0 Å². The van der Waals surface area contributed by atoms with Crippen LogP contribution in [0.25, 0.3) is 0 Å². The predicted molar refractivity (Wildman–Crippen MR) is 72.0 cm³/mol. The molecule has 1 aromatic heterocycles. The zero-order valence-electron chi connectivity index (χ0n) is 10.2. The lowest BCUT2D eigenvalue weighted by Crippen LogP contribution is -2.04. The number of nitro benzene ring substituents is 1. The highest BCUT2D eigenvalue weighted by atomic mass is 32.1. The van der Waals surface area contributed by atoms with Crippen LogP contribution in [0.1, 0.15) is 15.9 Å². The summed E-state index contributed by atoms with van der Waals surface area (Å²) in [5.41, 5.74) is 1.03. The highest BCUT2D eigenvalue weighted by molar-refractivity contribution is 7.08. The van der Waals surface area contributed by atoms with Crippen molar-refractivity contribution in [2.24, 2.45) is 0 Å². The maximum atomic E-state index is 12.0. The normalized spacial score (nSPS) is 10.2. The van der Waals surface area contributed by atoms with E-state index in [9.17, 15) is 14.9 Å². The summed E-state index contributed by atoms with van der Waals surface area (Å²) in [6, 6.07) is 6.10. The fraction of sp³-hybridized carbons (Fsp3) is 0.154. The molecule has 0 unspecified atom stereocenters. The second kappa shape index (κ2) is 5.62. The van der Waals surface area contributed by atoms with Gasteiger partial charge in [0.25, 0.3) is 0 Å². The minimum atomic E-state index is -0.555. The number of hydrogen-bond acceptors (Lipinski definition) is 5. The van der Waals surface area contributed by atoms with E-state index in [2.05, 4.69) is 0 Å². The molecule has 5 nitrogen and oxygen atoms in total. The van der Waals surface area contributed by atoms with E-state index in [1.165, 1.54) is 30.6 Å². The molecular formula is C13H11NO4S. The topological polar surface area (TPSA) is 69.4 Å². The Bertz CT molecular complexity index is 607. The first kappa shape index (κ1) is 13.2. The molecule has 6 heteroatoms. The number of carbonyl (C=O) groups is 1. The number of thiophene rings is 1. The Kier molecular flexibility index (Phi) is 3.91. The van der Waals surface area contributed by atoms with Gasteiger partial charge in [-0.15, -0.1) is 0 Å². The Morgan fingerprint density at radius 2 is 2.21 bits per heavy atom. The van der Waals surface area contributed by atoms with Gasteiger partial charge in [0, 0.05) is 18.1 Å². The summed E-state index contributed by atoms with van der Waals surface area (Å²) in [4.78, 5) is 22.4. The van der Waals surface area contributed by atoms with E-state index >= 15 is 0 Å². The molecule has 19 heavy (non-hydrogen) atoms. The lowest BCUT2D eigenvalue weighted by Gasteiger charge is -2.04. The van der Waals surface area contributed by atoms with Gasteiger partial charge in [0.2, 0.25) is 0 Å². The highest BCUT2D eigenvalue weighted by Crippen LogP contribution is 2.28. The molecule has 2 aromatic rings. The number of methoxy groups -OCH3 is 1. The molecule has 0 amide bonds. The molecule has 0 fully saturated rings. The number of nitrogens with zero attached hydrogens (tertiary/aromatic N) is 1. The van der Waals surface area contributed by atoms with Crippen LogP contribution in [0.2, 0.25) is 0 Å². The second-order valence-corrected chi connectivity index (χ2v) is 4.66. The minimum Gasteiger partial charge on any atom is -0.490 e. The van der Waals surface area contributed by atoms with Crippen molar-refractivity contribution in [2.75, 3.05) is 7.11 Å². The molecule has 0 atom stereocenters. The first-order valence-corrected chi connectivity index (χ1v) is 6.43. The second-order valence-electron chi connectivity index (χ2n) is 3.88. The van der Waals surface area contributed by atoms with Crippen LogP contribution in [0.3, 0.4) is 0 Å². The van der Waals surface area contributed by atoms with Crippen LogP contribution >= 0.6 is 11.3 Å². The zero-order chi connectivity index (χ0) is 13.8. The standard InChI is InChI=1S/C13H11NO4S/c1-18-13-3-2-10(7-11(13)14(16)17)12(15)6-9-4-5-19-8-9/h2-5,7-8H,6H2,1H3. The van der Waals surface area contributed by atoms with E-state index in [1.54, 1.807) is 6.07 Å². The summed E-state index contributed by atoms with van der Waals surface area (Å²) in [5.74, 6) is 0.00114. The number of Topliss-reactive ketones (excluding diaryl/α,β-unsaturated/α-hetero) is 1. The maximum absolute atomic E-state index is 12.0. The van der Waals surface area contributed by atoms with Crippen molar-refractivity contribution < 1.29 is 14.5 Å². The van der Waals surface area contributed by atoms with Gasteiger partial charge in [-0.05, 0) is 34.5 Å². The monoisotopic (exact) mass is 277 g/mol. The first-order valence-electron chi connectivity index (χ1n) is 5.48. The third kappa shape index (κ3) is 2.97. The Balaban J connectivity index is 2.27. The SMILES string of the molecule is COc1ccc(C(=O)Cc2ccsc2)cc1[N+](=O)[O-]. The predicted octanol–water partition coefficient (Wildman–Crippen LogP) is 3.09. The first-order chi connectivity index (χ1) is 9.11. The minimum absolute atomic E-state index is 0.149. The largest absolute Gasteiger partial charge is 0.490 e. The average Bonchev–Trinajstić information content (AvgIpc) is 2.90. The highest BCUT2D eigenvalue weighted by Gasteiger charge is 2.18. The number of hydrogen-bond donors (Lipinski definition) is 0. The van der Waals surface area contributed by atoms with Crippen LogP contribution in [0, 0.1) is 10.1 Å². The molecule has 0 saturated heterocycles. The molecule has 1 heterocycles. The van der Waals surface area contributed by atoms with E-state index in [1.807, 2.05) is 16.8 Å². The Morgan fingerprint density at radius 3 is 2.79 bits per heavy atom. The third-order valence-electron chi connectivity index (χ3n) is 2.64. The smallest absolute Gasteiger partial charge is 0.311 e. The molecule has 0 saturated carbocycles. The number of benzene rings is 1. The lowest BCUT2D eigenvalue weighted by molar-refractivity contribution is -0.385. The van der Waals surface area contributed by atoms with Gasteiger partial charge in [-0.2, -0.15) is 11.3 Å². The maximum Gasteiger partial charge on any atom is 0.311 e. The van der Waals surface area contributed by atoms with Gasteiger partial charge >= 0.3 is 5.69 Å². The van der Waals surface area contributed by atoms with Gasteiger partial charge in [0.05, 0.1) is 12.0 Å². The lowest BCUT2D eigenvalue weighted by atomic mass is 10.0. The van der Waals surface area contributed by atoms with Crippen LogP contribution in [-0.4, -0.2) is 17.8 Å². The molecule has 0 aliphatic rings. The van der Waals surface area contributed by atoms with E-state index in [0.717, 1.165) is 5.56 Å². The fourth-order valence-electron chi connectivity index (χ4n) is 1.69. The van der Waals surface area contributed by atoms with Gasteiger partial charge in [-0.1, -0.05) is 0 Å². The third-order valence-corrected chi connectivity index (χ3v) is 3.37. The average molecular weight is 277 g/mol. The molecule has 0 spiro atoms. The molecule has 0 aliphatic heterocycles. The van der Waals surface area contributed by atoms with Crippen LogP contribution in [0.4, 0.5) is 5.69 Å². The van der Waals surface area contributed by atoms with E-state index in [4.69, 9.17) is 4.74 Å². The molecule has 0 bridgehead atoms. The summed E-state index contributed by atoms with van der Waals surface area (Å²) in [7, 11) is 1.36. The molecule has 0 N–H and O–H groups in total. The van der Waals surface area contributed by atoms with Crippen molar-refractivity contribution in [2.45, 2.75) is 6.42 Å². The summed E-state index contributed by atoms with van der Waals surface area (Å²) in [6.45, 7) is 0. The van der Waals surface area contributed by atoms with Crippen molar-refractivity contribution >= 4 is 22.8 Å². The van der Waals surface area contributed by atoms with Crippen molar-refractivity contribution in [3.63, 3.8) is 0 Å². The summed E-state index contributed by atoms with van der Waals surface area (Å²) in [5, 5.41) is 14.7. The molecule has 0 radical (unpaired) electrons. The Hall–Kier alpha value is -2.21. The number of carbonyl (C=O) groups excluding carboxylic acids is 1. The Morgan fingerprint density at radius 1 is 1.42 bits per heavy atom.